The highest BCUT2D eigenvalue weighted by Gasteiger charge is 2.22. The molecule has 2 heterocycles. The van der Waals surface area contributed by atoms with E-state index in [4.69, 9.17) is 9.15 Å². The van der Waals surface area contributed by atoms with E-state index in [2.05, 4.69) is 24.4 Å². The smallest absolute Gasteiger partial charge is 0.134 e. The van der Waals surface area contributed by atoms with Crippen molar-refractivity contribution in [1.82, 2.24) is 5.32 Å². The zero-order valence-corrected chi connectivity index (χ0v) is 11.6. The first-order chi connectivity index (χ1) is 9.25. The molecule has 0 bridgehead atoms. The molecule has 3 heteroatoms. The highest BCUT2D eigenvalue weighted by atomic mass is 16.5. The molecular weight excluding hydrogens is 238 g/mol. The maximum Gasteiger partial charge on any atom is 0.134 e. The summed E-state index contributed by atoms with van der Waals surface area (Å²) < 4.78 is 11.5. The Kier molecular flexibility index (Phi) is 3.58. The second-order valence-corrected chi connectivity index (χ2v) is 5.35. The highest BCUT2D eigenvalue weighted by molar-refractivity contribution is 5.82. The molecule has 2 unspecified atom stereocenters. The Morgan fingerprint density at radius 1 is 1.37 bits per heavy atom. The Morgan fingerprint density at radius 2 is 2.21 bits per heavy atom. The van der Waals surface area contributed by atoms with E-state index in [1.807, 2.05) is 19.1 Å². The maximum atomic E-state index is 5.79. The standard InChI is InChI=1S/C16H21NO2/c1-11(15-8-5-9-18-15)17-10-14-12(2)19-16-7-4-3-6-13(14)16/h3-4,6-7,11,15,17H,5,8-10H2,1-2H3. The van der Waals surface area contributed by atoms with E-state index in [0.29, 0.717) is 12.1 Å². The van der Waals surface area contributed by atoms with Gasteiger partial charge >= 0.3 is 0 Å². The number of furan rings is 1. The summed E-state index contributed by atoms with van der Waals surface area (Å²) in [5, 5.41) is 4.79. The van der Waals surface area contributed by atoms with Crippen molar-refractivity contribution in [2.45, 2.75) is 45.4 Å². The van der Waals surface area contributed by atoms with Crippen molar-refractivity contribution in [2.24, 2.45) is 0 Å². The molecule has 0 aliphatic carbocycles. The second kappa shape index (κ2) is 5.35. The summed E-state index contributed by atoms with van der Waals surface area (Å²) in [6.07, 6.45) is 2.71. The lowest BCUT2D eigenvalue weighted by molar-refractivity contribution is 0.0832. The highest BCUT2D eigenvalue weighted by Crippen LogP contribution is 2.25. The first kappa shape index (κ1) is 12.7. The van der Waals surface area contributed by atoms with Crippen molar-refractivity contribution in [1.29, 1.82) is 0 Å². The number of hydrogen-bond acceptors (Lipinski definition) is 3. The molecule has 2 aromatic rings. The summed E-state index contributed by atoms with van der Waals surface area (Å²) in [7, 11) is 0. The van der Waals surface area contributed by atoms with Gasteiger partial charge in [-0.1, -0.05) is 18.2 Å². The molecule has 1 aliphatic rings. The van der Waals surface area contributed by atoms with E-state index >= 15 is 0 Å². The maximum absolute atomic E-state index is 5.79. The number of rotatable bonds is 4. The first-order valence-electron chi connectivity index (χ1n) is 7.07. The zero-order valence-electron chi connectivity index (χ0n) is 11.6. The summed E-state index contributed by atoms with van der Waals surface area (Å²) in [4.78, 5) is 0. The van der Waals surface area contributed by atoms with Crippen molar-refractivity contribution < 1.29 is 9.15 Å². The van der Waals surface area contributed by atoms with E-state index < -0.39 is 0 Å². The summed E-state index contributed by atoms with van der Waals surface area (Å²) in [6.45, 7) is 5.98. The lowest BCUT2D eigenvalue weighted by Gasteiger charge is -2.19. The van der Waals surface area contributed by atoms with Gasteiger partial charge in [-0.3, -0.25) is 0 Å². The normalized spacial score (nSPS) is 21.1. The minimum Gasteiger partial charge on any atom is -0.461 e. The molecule has 0 amide bonds. The van der Waals surface area contributed by atoms with Crippen LogP contribution in [0.1, 0.15) is 31.1 Å². The predicted octanol–water partition coefficient (Wildman–Crippen LogP) is 3.40. The fourth-order valence-corrected chi connectivity index (χ4v) is 2.83. The SMILES string of the molecule is Cc1oc2ccccc2c1CNC(C)C1CCCO1. The van der Waals surface area contributed by atoms with E-state index in [0.717, 1.165) is 24.5 Å². The fraction of sp³-hybridized carbons (Fsp3) is 0.500. The second-order valence-electron chi connectivity index (χ2n) is 5.35. The van der Waals surface area contributed by atoms with E-state index in [-0.39, 0.29) is 0 Å². The molecule has 1 aromatic carbocycles. The Labute approximate surface area is 113 Å². The van der Waals surface area contributed by atoms with Gasteiger partial charge in [-0.25, -0.2) is 0 Å². The van der Waals surface area contributed by atoms with Crippen LogP contribution in [0.5, 0.6) is 0 Å². The lowest BCUT2D eigenvalue weighted by atomic mass is 10.1. The van der Waals surface area contributed by atoms with Gasteiger partial charge in [-0.05, 0) is 32.8 Å². The van der Waals surface area contributed by atoms with Crippen LogP contribution in [-0.4, -0.2) is 18.8 Å². The summed E-state index contributed by atoms with van der Waals surface area (Å²) >= 11 is 0. The van der Waals surface area contributed by atoms with Gasteiger partial charge in [0.15, 0.2) is 0 Å². The number of fused-ring (bicyclic) bond motifs is 1. The van der Waals surface area contributed by atoms with Crippen LogP contribution >= 0.6 is 0 Å². The Balaban J connectivity index is 1.72. The lowest BCUT2D eigenvalue weighted by Crippen LogP contribution is -2.36. The number of aryl methyl sites for hydroxylation is 1. The van der Waals surface area contributed by atoms with Gasteiger partial charge in [0.25, 0.3) is 0 Å². The van der Waals surface area contributed by atoms with Crippen LogP contribution < -0.4 is 5.32 Å². The molecule has 1 N–H and O–H groups in total. The van der Waals surface area contributed by atoms with Crippen LogP contribution in [0.2, 0.25) is 0 Å². The molecule has 2 atom stereocenters. The van der Waals surface area contributed by atoms with Gasteiger partial charge < -0.3 is 14.5 Å². The van der Waals surface area contributed by atoms with E-state index in [1.165, 1.54) is 23.8 Å². The van der Waals surface area contributed by atoms with Gasteiger partial charge in [-0.15, -0.1) is 0 Å². The summed E-state index contributed by atoms with van der Waals surface area (Å²) in [6, 6.07) is 8.60. The third-order valence-electron chi connectivity index (χ3n) is 4.02. The average Bonchev–Trinajstić information content (AvgIpc) is 3.03. The largest absolute Gasteiger partial charge is 0.461 e. The van der Waals surface area contributed by atoms with Gasteiger partial charge in [0.1, 0.15) is 11.3 Å². The van der Waals surface area contributed by atoms with Crippen molar-refractivity contribution in [2.75, 3.05) is 6.61 Å². The molecule has 0 spiro atoms. The zero-order chi connectivity index (χ0) is 13.2. The summed E-state index contributed by atoms with van der Waals surface area (Å²) in [5.41, 5.74) is 2.24. The minimum absolute atomic E-state index is 0.360. The molecule has 1 saturated heterocycles. The molecule has 3 rings (SSSR count). The Morgan fingerprint density at radius 3 is 3.00 bits per heavy atom. The first-order valence-corrected chi connectivity index (χ1v) is 7.07. The number of hydrogen-bond donors (Lipinski definition) is 1. The average molecular weight is 259 g/mol. The minimum atomic E-state index is 0.360. The number of benzene rings is 1. The van der Waals surface area contributed by atoms with Gasteiger partial charge in [0.2, 0.25) is 0 Å². The quantitative estimate of drug-likeness (QED) is 0.913. The molecule has 1 aromatic heterocycles. The van der Waals surface area contributed by atoms with Crippen LogP contribution in [0.25, 0.3) is 11.0 Å². The monoisotopic (exact) mass is 259 g/mol. The fourth-order valence-electron chi connectivity index (χ4n) is 2.83. The predicted molar refractivity (Wildman–Crippen MR) is 76.2 cm³/mol. The molecule has 1 aliphatic heterocycles. The topological polar surface area (TPSA) is 34.4 Å². The molecule has 0 radical (unpaired) electrons. The van der Waals surface area contributed by atoms with Crippen LogP contribution in [0, 0.1) is 6.92 Å². The van der Waals surface area contributed by atoms with Gasteiger partial charge in [-0.2, -0.15) is 0 Å². The van der Waals surface area contributed by atoms with Crippen LogP contribution in [-0.2, 0) is 11.3 Å². The Hall–Kier alpha value is -1.32. The molecule has 102 valence electrons. The Bertz CT molecular complexity index is 555. The van der Waals surface area contributed by atoms with Crippen molar-refractivity contribution in [3.05, 3.63) is 35.6 Å². The van der Waals surface area contributed by atoms with Crippen molar-refractivity contribution in [3.63, 3.8) is 0 Å². The molecular formula is C16H21NO2. The van der Waals surface area contributed by atoms with Crippen LogP contribution in [0.4, 0.5) is 0 Å². The number of ether oxygens (including phenoxy) is 1. The molecule has 0 saturated carbocycles. The molecule has 19 heavy (non-hydrogen) atoms. The van der Waals surface area contributed by atoms with Gasteiger partial charge in [0.05, 0.1) is 6.10 Å². The van der Waals surface area contributed by atoms with E-state index in [9.17, 15) is 0 Å². The molecule has 3 nitrogen and oxygen atoms in total. The third kappa shape index (κ3) is 2.53. The molecule has 1 fully saturated rings. The number of nitrogens with one attached hydrogen (secondary N) is 1. The third-order valence-corrected chi connectivity index (χ3v) is 4.02. The van der Waals surface area contributed by atoms with E-state index in [1.54, 1.807) is 0 Å². The van der Waals surface area contributed by atoms with Crippen LogP contribution in [0.3, 0.4) is 0 Å². The van der Waals surface area contributed by atoms with Crippen LogP contribution in [0.15, 0.2) is 28.7 Å². The van der Waals surface area contributed by atoms with Crippen molar-refractivity contribution in [3.8, 4) is 0 Å². The number of para-hydroxylation sites is 1. The van der Waals surface area contributed by atoms with Gasteiger partial charge in [0, 0.05) is 30.1 Å². The van der Waals surface area contributed by atoms with Crippen molar-refractivity contribution >= 4 is 11.0 Å². The summed E-state index contributed by atoms with van der Waals surface area (Å²) in [5.74, 6) is 1.01.